The Hall–Kier alpha value is -3.92. The topological polar surface area (TPSA) is 171 Å². The van der Waals surface area contributed by atoms with E-state index in [-0.39, 0.29) is 18.6 Å². The molecule has 3 unspecified atom stereocenters. The largest absolute Gasteiger partial charge is 0.508 e. The van der Waals surface area contributed by atoms with Crippen molar-refractivity contribution in [2.45, 2.75) is 37.9 Å². The quantitative estimate of drug-likeness (QED) is 0.269. The van der Waals surface area contributed by atoms with Gasteiger partial charge in [0.2, 0.25) is 17.7 Å². The summed E-state index contributed by atoms with van der Waals surface area (Å²) in [7, 11) is 0. The van der Waals surface area contributed by atoms with Gasteiger partial charge in [0, 0.05) is 6.42 Å². The van der Waals surface area contributed by atoms with E-state index in [0.29, 0.717) is 0 Å². The van der Waals surface area contributed by atoms with Crippen molar-refractivity contribution in [1.82, 2.24) is 16.0 Å². The second-order valence-corrected chi connectivity index (χ2v) is 7.57. The Bertz CT molecular complexity index is 965. The number of amides is 3. The second-order valence-electron chi connectivity index (χ2n) is 7.57. The molecular formula is C23H28N4O6. The number of nitrogens with two attached hydrogens (primary N) is 1. The highest BCUT2D eigenvalue weighted by Gasteiger charge is 2.27. The van der Waals surface area contributed by atoms with Crippen LogP contribution < -0.4 is 21.7 Å². The number of hydrogen-bond donors (Lipinski definition) is 6. The summed E-state index contributed by atoms with van der Waals surface area (Å²) in [6.07, 6.45) is 0.355. The summed E-state index contributed by atoms with van der Waals surface area (Å²) in [4.78, 5) is 48.2. The smallest absolute Gasteiger partial charge is 0.322 e. The first-order valence-corrected chi connectivity index (χ1v) is 10.3. The summed E-state index contributed by atoms with van der Waals surface area (Å²) in [6.45, 7) is 0.836. The first-order valence-electron chi connectivity index (χ1n) is 10.3. The van der Waals surface area contributed by atoms with Gasteiger partial charge in [-0.05, 0) is 36.6 Å². The number of nitrogens with one attached hydrogen (secondary N) is 3. The molecule has 2 aromatic rings. The summed E-state index contributed by atoms with van der Waals surface area (Å²) >= 11 is 0. The van der Waals surface area contributed by atoms with Gasteiger partial charge in [0.15, 0.2) is 0 Å². The number of phenols is 1. The van der Waals surface area contributed by atoms with Crippen LogP contribution in [-0.4, -0.2) is 58.6 Å². The molecule has 3 atom stereocenters. The van der Waals surface area contributed by atoms with Crippen molar-refractivity contribution >= 4 is 23.7 Å². The van der Waals surface area contributed by atoms with Gasteiger partial charge in [-0.25, -0.2) is 0 Å². The average molecular weight is 456 g/mol. The fraction of sp³-hybridized carbons (Fsp3) is 0.304. The van der Waals surface area contributed by atoms with Gasteiger partial charge in [-0.3, -0.25) is 19.2 Å². The minimum atomic E-state index is -1.21. The lowest BCUT2D eigenvalue weighted by Crippen LogP contribution is -2.56. The molecule has 0 heterocycles. The fourth-order valence-electron chi connectivity index (χ4n) is 3.01. The summed E-state index contributed by atoms with van der Waals surface area (Å²) in [5.74, 6) is -2.94. The number of benzene rings is 2. The number of carbonyl (C=O) groups is 4. The van der Waals surface area contributed by atoms with E-state index in [9.17, 15) is 24.3 Å². The summed E-state index contributed by atoms with van der Waals surface area (Å²) in [5, 5.41) is 25.4. The van der Waals surface area contributed by atoms with Crippen molar-refractivity contribution in [3.63, 3.8) is 0 Å². The maximum absolute atomic E-state index is 12.9. The minimum Gasteiger partial charge on any atom is -0.508 e. The van der Waals surface area contributed by atoms with E-state index < -0.39 is 48.4 Å². The molecule has 3 amide bonds. The molecule has 0 spiro atoms. The Kier molecular flexibility index (Phi) is 9.37. The monoisotopic (exact) mass is 456 g/mol. The Morgan fingerprint density at radius 1 is 0.848 bits per heavy atom. The van der Waals surface area contributed by atoms with Crippen LogP contribution in [0.4, 0.5) is 0 Å². The molecule has 176 valence electrons. The second kappa shape index (κ2) is 12.2. The van der Waals surface area contributed by atoms with Crippen LogP contribution in [0.25, 0.3) is 0 Å². The maximum atomic E-state index is 12.9. The fourth-order valence-corrected chi connectivity index (χ4v) is 3.01. The van der Waals surface area contributed by atoms with Crippen molar-refractivity contribution in [3.8, 4) is 5.75 Å². The molecule has 2 rings (SSSR count). The van der Waals surface area contributed by atoms with Gasteiger partial charge in [-0.15, -0.1) is 0 Å². The first kappa shape index (κ1) is 25.3. The van der Waals surface area contributed by atoms with Crippen molar-refractivity contribution in [1.29, 1.82) is 0 Å². The molecule has 10 heteroatoms. The van der Waals surface area contributed by atoms with Crippen molar-refractivity contribution in [2.75, 3.05) is 6.54 Å². The van der Waals surface area contributed by atoms with Gasteiger partial charge in [0.1, 0.15) is 24.4 Å². The summed E-state index contributed by atoms with van der Waals surface area (Å²) in [6, 6.07) is 12.3. The highest BCUT2D eigenvalue weighted by atomic mass is 16.4. The zero-order chi connectivity index (χ0) is 24.4. The van der Waals surface area contributed by atoms with Crippen LogP contribution >= 0.6 is 0 Å². The van der Waals surface area contributed by atoms with Crippen LogP contribution in [-0.2, 0) is 32.0 Å². The van der Waals surface area contributed by atoms with Gasteiger partial charge in [0.25, 0.3) is 0 Å². The molecule has 2 aromatic carbocycles. The Morgan fingerprint density at radius 2 is 1.45 bits per heavy atom. The van der Waals surface area contributed by atoms with Crippen LogP contribution in [0.3, 0.4) is 0 Å². The van der Waals surface area contributed by atoms with Gasteiger partial charge in [-0.1, -0.05) is 42.5 Å². The van der Waals surface area contributed by atoms with Gasteiger partial charge in [-0.2, -0.15) is 0 Å². The van der Waals surface area contributed by atoms with E-state index in [1.165, 1.54) is 19.1 Å². The van der Waals surface area contributed by atoms with Gasteiger partial charge < -0.3 is 31.9 Å². The number of hydrogen-bond acceptors (Lipinski definition) is 6. The first-order chi connectivity index (χ1) is 15.7. The molecule has 0 saturated carbocycles. The predicted octanol–water partition coefficient (Wildman–Crippen LogP) is -0.305. The Balaban J connectivity index is 2.06. The number of carboxylic acids is 1. The highest BCUT2D eigenvalue weighted by molar-refractivity contribution is 5.93. The van der Waals surface area contributed by atoms with E-state index in [1.807, 2.05) is 6.07 Å². The van der Waals surface area contributed by atoms with Gasteiger partial charge in [0.05, 0.1) is 6.04 Å². The lowest BCUT2D eigenvalue weighted by Gasteiger charge is -2.23. The minimum absolute atomic E-state index is 0.0953. The van der Waals surface area contributed by atoms with Crippen LogP contribution in [0.1, 0.15) is 18.1 Å². The number of rotatable bonds is 11. The van der Waals surface area contributed by atoms with Crippen molar-refractivity contribution in [2.24, 2.45) is 5.73 Å². The van der Waals surface area contributed by atoms with E-state index >= 15 is 0 Å². The van der Waals surface area contributed by atoms with Crippen LogP contribution in [0.15, 0.2) is 54.6 Å². The third kappa shape index (κ3) is 8.62. The number of aromatic hydroxyl groups is 1. The number of carbonyl (C=O) groups excluding carboxylic acids is 3. The van der Waals surface area contributed by atoms with Crippen LogP contribution in [0.5, 0.6) is 5.75 Å². The molecule has 0 aliphatic carbocycles. The number of aliphatic carboxylic acids is 1. The lowest BCUT2D eigenvalue weighted by molar-refractivity contribution is -0.138. The normalized spacial score (nSPS) is 13.3. The van der Waals surface area contributed by atoms with Crippen LogP contribution in [0, 0.1) is 0 Å². The molecule has 0 fully saturated rings. The summed E-state index contributed by atoms with van der Waals surface area (Å²) in [5.41, 5.74) is 7.54. The summed E-state index contributed by atoms with van der Waals surface area (Å²) < 4.78 is 0. The van der Waals surface area contributed by atoms with E-state index in [4.69, 9.17) is 10.8 Å². The van der Waals surface area contributed by atoms with E-state index in [1.54, 1.807) is 36.4 Å². The molecule has 33 heavy (non-hydrogen) atoms. The number of carboxylic acid groups (broad SMARTS) is 1. The Labute approximate surface area is 191 Å². The molecule has 0 aromatic heterocycles. The highest BCUT2D eigenvalue weighted by Crippen LogP contribution is 2.11. The van der Waals surface area contributed by atoms with Crippen molar-refractivity contribution in [3.05, 3.63) is 65.7 Å². The van der Waals surface area contributed by atoms with Gasteiger partial charge >= 0.3 is 5.97 Å². The zero-order valence-corrected chi connectivity index (χ0v) is 18.2. The molecular weight excluding hydrogens is 428 g/mol. The molecule has 0 saturated heterocycles. The molecule has 7 N–H and O–H groups in total. The molecule has 10 nitrogen and oxygen atoms in total. The standard InChI is InChI=1S/C23H28N4O6/c1-14(21(31)25-13-20(29)30)26-23(33)19(12-15-5-3-2-4-6-15)27-22(32)18(24)11-16-7-9-17(28)10-8-16/h2-10,14,18-19,28H,11-13,24H2,1H3,(H,25,31)(H,26,33)(H,27,32)(H,29,30). The van der Waals surface area contributed by atoms with Crippen molar-refractivity contribution < 1.29 is 29.4 Å². The SMILES string of the molecule is CC(NC(=O)C(Cc1ccccc1)NC(=O)C(N)Cc1ccc(O)cc1)C(=O)NCC(=O)O. The molecule has 0 radical (unpaired) electrons. The zero-order valence-electron chi connectivity index (χ0n) is 18.2. The third-order valence-corrected chi connectivity index (χ3v) is 4.81. The van der Waals surface area contributed by atoms with E-state index in [0.717, 1.165) is 11.1 Å². The maximum Gasteiger partial charge on any atom is 0.322 e. The lowest BCUT2D eigenvalue weighted by atomic mass is 10.0. The Morgan fingerprint density at radius 3 is 2.06 bits per heavy atom. The van der Waals surface area contributed by atoms with Crippen LogP contribution in [0.2, 0.25) is 0 Å². The third-order valence-electron chi connectivity index (χ3n) is 4.81. The molecule has 0 bridgehead atoms. The molecule has 0 aliphatic rings. The molecule has 0 aliphatic heterocycles. The van der Waals surface area contributed by atoms with E-state index in [2.05, 4.69) is 16.0 Å². The predicted molar refractivity (Wildman–Crippen MR) is 120 cm³/mol. The number of phenolic OH excluding ortho intramolecular Hbond substituents is 1. The average Bonchev–Trinajstić information content (AvgIpc) is 2.78.